The van der Waals surface area contributed by atoms with E-state index in [2.05, 4.69) is 22.5 Å². The maximum atomic E-state index is 12.3. The molecule has 2 N–H and O–H groups in total. The maximum Gasteiger partial charge on any atom is 0.261 e. The molecule has 1 aliphatic heterocycles. The number of rotatable bonds is 6. The van der Waals surface area contributed by atoms with Gasteiger partial charge in [0.25, 0.3) is 11.8 Å². The van der Waals surface area contributed by atoms with E-state index >= 15 is 0 Å². The van der Waals surface area contributed by atoms with Crippen LogP contribution in [0.1, 0.15) is 66.2 Å². The molecule has 0 spiro atoms. The van der Waals surface area contributed by atoms with Gasteiger partial charge in [-0.05, 0) is 43.7 Å². The lowest BCUT2D eigenvalue weighted by atomic mass is 9.87. The van der Waals surface area contributed by atoms with E-state index in [0.717, 1.165) is 31.3 Å². The molecule has 3 rings (SSSR count). The van der Waals surface area contributed by atoms with Crippen molar-refractivity contribution in [1.82, 2.24) is 15.5 Å². The zero-order valence-corrected chi connectivity index (χ0v) is 16.3. The predicted octanol–water partition coefficient (Wildman–Crippen LogP) is 2.81. The van der Waals surface area contributed by atoms with Gasteiger partial charge in [-0.1, -0.05) is 31.9 Å². The van der Waals surface area contributed by atoms with Crippen LogP contribution in [0.5, 0.6) is 0 Å². The number of carbonyl (C=O) groups is 2. The summed E-state index contributed by atoms with van der Waals surface area (Å²) in [5, 5.41) is 6.86. The van der Waals surface area contributed by atoms with Crippen LogP contribution in [-0.2, 0) is 0 Å². The van der Waals surface area contributed by atoms with E-state index < -0.39 is 0 Å². The minimum absolute atomic E-state index is 0.174. The second-order valence-electron chi connectivity index (χ2n) is 7.63. The number of benzene rings is 1. The van der Waals surface area contributed by atoms with E-state index in [1.165, 1.54) is 30.6 Å². The molecule has 0 saturated heterocycles. The summed E-state index contributed by atoms with van der Waals surface area (Å²) in [6, 6.07) is 7.53. The third kappa shape index (κ3) is 4.67. The Morgan fingerprint density at radius 1 is 1.15 bits per heavy atom. The van der Waals surface area contributed by atoms with Gasteiger partial charge in [-0.15, -0.1) is 0 Å². The highest BCUT2D eigenvalue weighted by atomic mass is 16.2. The maximum absolute atomic E-state index is 12.3. The molecule has 2 unspecified atom stereocenters. The summed E-state index contributed by atoms with van der Waals surface area (Å²) in [7, 11) is 1.79. The molecule has 0 aromatic heterocycles. The van der Waals surface area contributed by atoms with E-state index in [1.807, 2.05) is 0 Å². The molecule has 1 aliphatic carbocycles. The first-order valence-corrected chi connectivity index (χ1v) is 10.0. The fraction of sp³-hybridized carbons (Fsp3) is 0.571. The number of unbranched alkanes of at least 4 members (excludes halogenated alkanes) is 1. The molecule has 1 heterocycles. The van der Waals surface area contributed by atoms with Gasteiger partial charge in [0.15, 0.2) is 5.96 Å². The SMILES string of the molecule is CN=C(NCCCCN1C(=O)c2ccccc2C1=O)NC1CCCC(C)C1. The number of nitrogens with zero attached hydrogens (tertiary/aromatic N) is 2. The molecule has 6 nitrogen and oxygen atoms in total. The monoisotopic (exact) mass is 370 g/mol. The van der Waals surface area contributed by atoms with Gasteiger partial charge in [0.05, 0.1) is 11.1 Å². The van der Waals surface area contributed by atoms with Crippen LogP contribution in [0.25, 0.3) is 0 Å². The lowest BCUT2D eigenvalue weighted by molar-refractivity contribution is 0.0652. The number of fused-ring (bicyclic) bond motifs is 1. The molecule has 2 atom stereocenters. The minimum Gasteiger partial charge on any atom is -0.356 e. The Balaban J connectivity index is 1.38. The zero-order chi connectivity index (χ0) is 19.2. The van der Waals surface area contributed by atoms with Crippen LogP contribution < -0.4 is 10.6 Å². The average Bonchev–Trinajstić information content (AvgIpc) is 2.92. The smallest absolute Gasteiger partial charge is 0.261 e. The van der Waals surface area contributed by atoms with Crippen LogP contribution >= 0.6 is 0 Å². The number of amides is 2. The predicted molar refractivity (Wildman–Crippen MR) is 107 cm³/mol. The third-order valence-electron chi connectivity index (χ3n) is 5.48. The normalized spacial score (nSPS) is 22.7. The standard InChI is InChI=1S/C21H30N4O2/c1-15-8-7-9-16(14-15)24-21(22-2)23-12-5-6-13-25-19(26)17-10-3-4-11-18(17)20(25)27/h3-4,10-11,15-16H,5-9,12-14H2,1-2H3,(H2,22,23,24). The Morgan fingerprint density at radius 3 is 2.48 bits per heavy atom. The highest BCUT2D eigenvalue weighted by Gasteiger charge is 2.34. The molecule has 1 aromatic rings. The number of guanidine groups is 1. The van der Waals surface area contributed by atoms with Crippen molar-refractivity contribution in [3.8, 4) is 0 Å². The van der Waals surface area contributed by atoms with Gasteiger partial charge in [-0.3, -0.25) is 19.5 Å². The number of carbonyl (C=O) groups excluding carboxylic acids is 2. The Kier molecular flexibility index (Phi) is 6.48. The third-order valence-corrected chi connectivity index (χ3v) is 5.48. The Morgan fingerprint density at radius 2 is 1.85 bits per heavy atom. The zero-order valence-electron chi connectivity index (χ0n) is 16.3. The Bertz CT molecular complexity index is 681. The quantitative estimate of drug-likeness (QED) is 0.349. The Labute approximate surface area is 161 Å². The fourth-order valence-electron chi connectivity index (χ4n) is 4.00. The van der Waals surface area contributed by atoms with E-state index in [1.54, 1.807) is 31.3 Å². The number of hydrogen-bond donors (Lipinski definition) is 2. The van der Waals surface area contributed by atoms with Crippen LogP contribution in [0.15, 0.2) is 29.3 Å². The molecule has 1 aromatic carbocycles. The molecule has 27 heavy (non-hydrogen) atoms. The number of nitrogens with one attached hydrogen (secondary N) is 2. The highest BCUT2D eigenvalue weighted by Crippen LogP contribution is 2.24. The minimum atomic E-state index is -0.174. The molecule has 1 fully saturated rings. The van der Waals surface area contributed by atoms with Crippen molar-refractivity contribution in [2.45, 2.75) is 51.5 Å². The molecule has 2 aliphatic rings. The first kappa shape index (κ1) is 19.4. The average molecular weight is 370 g/mol. The van der Waals surface area contributed by atoms with Crippen molar-refractivity contribution in [3.63, 3.8) is 0 Å². The van der Waals surface area contributed by atoms with Crippen molar-refractivity contribution in [2.24, 2.45) is 10.9 Å². The summed E-state index contributed by atoms with van der Waals surface area (Å²) in [5.74, 6) is 1.27. The van der Waals surface area contributed by atoms with Gasteiger partial charge in [0.2, 0.25) is 0 Å². The number of imide groups is 1. The lowest BCUT2D eigenvalue weighted by Crippen LogP contribution is -2.45. The van der Waals surface area contributed by atoms with Crippen LogP contribution in [0.2, 0.25) is 0 Å². The molecule has 6 heteroatoms. The highest BCUT2D eigenvalue weighted by molar-refractivity contribution is 6.21. The van der Waals surface area contributed by atoms with Gasteiger partial charge in [-0.25, -0.2) is 0 Å². The molecule has 0 bridgehead atoms. The van der Waals surface area contributed by atoms with Gasteiger partial charge < -0.3 is 10.6 Å². The first-order chi connectivity index (χ1) is 13.1. The summed E-state index contributed by atoms with van der Waals surface area (Å²) in [5.41, 5.74) is 1.04. The van der Waals surface area contributed by atoms with Gasteiger partial charge >= 0.3 is 0 Å². The summed E-state index contributed by atoms with van der Waals surface area (Å²) in [4.78, 5) is 30.3. The molecular weight excluding hydrogens is 340 g/mol. The van der Waals surface area contributed by atoms with Crippen molar-refractivity contribution in [2.75, 3.05) is 20.1 Å². The second-order valence-corrected chi connectivity index (χ2v) is 7.63. The second kappa shape index (κ2) is 9.02. The van der Waals surface area contributed by atoms with E-state index in [9.17, 15) is 9.59 Å². The van der Waals surface area contributed by atoms with E-state index in [4.69, 9.17) is 0 Å². The summed E-state index contributed by atoms with van der Waals surface area (Å²) in [6.45, 7) is 3.54. The Hall–Kier alpha value is -2.37. The van der Waals surface area contributed by atoms with Crippen LogP contribution in [0.4, 0.5) is 0 Å². The van der Waals surface area contributed by atoms with Gasteiger partial charge in [0, 0.05) is 26.2 Å². The summed E-state index contributed by atoms with van der Waals surface area (Å²) < 4.78 is 0. The largest absolute Gasteiger partial charge is 0.356 e. The van der Waals surface area contributed by atoms with Crippen LogP contribution in [0.3, 0.4) is 0 Å². The first-order valence-electron chi connectivity index (χ1n) is 10.0. The van der Waals surface area contributed by atoms with Gasteiger partial charge in [-0.2, -0.15) is 0 Å². The summed E-state index contributed by atoms with van der Waals surface area (Å²) in [6.07, 6.45) is 6.63. The topological polar surface area (TPSA) is 73.8 Å². The van der Waals surface area contributed by atoms with Crippen molar-refractivity contribution < 1.29 is 9.59 Å². The lowest BCUT2D eigenvalue weighted by Gasteiger charge is -2.28. The van der Waals surface area contributed by atoms with E-state index in [-0.39, 0.29) is 11.8 Å². The van der Waals surface area contributed by atoms with Crippen LogP contribution in [0, 0.1) is 5.92 Å². The van der Waals surface area contributed by atoms with Crippen molar-refractivity contribution in [3.05, 3.63) is 35.4 Å². The number of aliphatic imine (C=N–C) groups is 1. The van der Waals surface area contributed by atoms with Crippen molar-refractivity contribution in [1.29, 1.82) is 0 Å². The molecular formula is C21H30N4O2. The van der Waals surface area contributed by atoms with Crippen molar-refractivity contribution >= 4 is 17.8 Å². The molecule has 146 valence electrons. The molecule has 1 saturated carbocycles. The van der Waals surface area contributed by atoms with Crippen LogP contribution in [-0.4, -0.2) is 48.9 Å². The van der Waals surface area contributed by atoms with Gasteiger partial charge in [0.1, 0.15) is 0 Å². The van der Waals surface area contributed by atoms with E-state index in [0.29, 0.717) is 23.7 Å². The summed E-state index contributed by atoms with van der Waals surface area (Å²) >= 11 is 0. The fourth-order valence-corrected chi connectivity index (χ4v) is 4.00. The number of hydrogen-bond acceptors (Lipinski definition) is 3. The molecule has 0 radical (unpaired) electrons. The molecule has 2 amide bonds.